The molecule has 1 heterocycles. The van der Waals surface area contributed by atoms with E-state index in [1.54, 1.807) is 12.1 Å². The Labute approximate surface area is 107 Å². The number of hydrogen-bond acceptors (Lipinski definition) is 5. The lowest BCUT2D eigenvalue weighted by Gasteiger charge is -2.16. The maximum Gasteiger partial charge on any atom is 0.239 e. The number of rotatable bonds is 7. The lowest BCUT2D eigenvalue weighted by Crippen LogP contribution is -2.23. The summed E-state index contributed by atoms with van der Waals surface area (Å²) >= 11 is 0. The van der Waals surface area contributed by atoms with Gasteiger partial charge in [-0.1, -0.05) is 6.92 Å². The van der Waals surface area contributed by atoms with Crippen molar-refractivity contribution in [3.05, 3.63) is 12.1 Å². The highest BCUT2D eigenvalue weighted by Crippen LogP contribution is 2.30. The summed E-state index contributed by atoms with van der Waals surface area (Å²) < 4.78 is 5.61. The first-order chi connectivity index (χ1) is 8.72. The standard InChI is InChI=1S/C13H21N3O2/c1-2-10(7-17)15-12-6-5-11(14)13(16-12)18-8-9-3-4-9/h5-6,9-10,17H,2-4,7-8,14H2,1H3,(H,15,16). The van der Waals surface area contributed by atoms with Gasteiger partial charge in [-0.15, -0.1) is 0 Å². The highest BCUT2D eigenvalue weighted by molar-refractivity contribution is 5.53. The molecule has 1 atom stereocenters. The van der Waals surface area contributed by atoms with Crippen molar-refractivity contribution in [3.63, 3.8) is 0 Å². The number of nitrogens with one attached hydrogen (secondary N) is 1. The minimum absolute atomic E-state index is 0.0115. The molecule has 0 bridgehead atoms. The van der Waals surface area contributed by atoms with Crippen molar-refractivity contribution >= 4 is 11.5 Å². The van der Waals surface area contributed by atoms with Crippen LogP contribution in [0.15, 0.2) is 12.1 Å². The van der Waals surface area contributed by atoms with Gasteiger partial charge in [0.05, 0.1) is 24.9 Å². The number of nitrogens with zero attached hydrogens (tertiary/aromatic N) is 1. The molecule has 0 saturated heterocycles. The third-order valence-electron chi connectivity index (χ3n) is 3.11. The number of hydrogen-bond donors (Lipinski definition) is 3. The molecule has 0 amide bonds. The van der Waals surface area contributed by atoms with Gasteiger partial charge in [-0.25, -0.2) is 0 Å². The zero-order valence-corrected chi connectivity index (χ0v) is 10.7. The summed E-state index contributed by atoms with van der Waals surface area (Å²) in [5, 5.41) is 12.3. The summed E-state index contributed by atoms with van der Waals surface area (Å²) in [5.74, 6) is 1.85. The fourth-order valence-corrected chi connectivity index (χ4v) is 1.61. The smallest absolute Gasteiger partial charge is 0.239 e. The number of ether oxygens (including phenoxy) is 1. The molecule has 4 N–H and O–H groups in total. The molecule has 5 nitrogen and oxygen atoms in total. The minimum Gasteiger partial charge on any atom is -0.476 e. The van der Waals surface area contributed by atoms with Gasteiger partial charge in [0.2, 0.25) is 5.88 Å². The van der Waals surface area contributed by atoms with E-state index >= 15 is 0 Å². The Morgan fingerprint density at radius 1 is 1.56 bits per heavy atom. The van der Waals surface area contributed by atoms with E-state index in [0.717, 1.165) is 6.42 Å². The van der Waals surface area contributed by atoms with Crippen LogP contribution in [0.3, 0.4) is 0 Å². The van der Waals surface area contributed by atoms with Crippen molar-refractivity contribution in [1.82, 2.24) is 4.98 Å². The summed E-state index contributed by atoms with van der Waals surface area (Å²) in [6.45, 7) is 2.79. The molecule has 1 saturated carbocycles. The van der Waals surface area contributed by atoms with Gasteiger partial charge < -0.3 is 20.9 Å². The number of nitrogens with two attached hydrogens (primary N) is 1. The third kappa shape index (κ3) is 3.50. The quantitative estimate of drug-likeness (QED) is 0.686. The van der Waals surface area contributed by atoms with Crippen LogP contribution in [0.5, 0.6) is 5.88 Å². The monoisotopic (exact) mass is 251 g/mol. The number of pyridine rings is 1. The van der Waals surface area contributed by atoms with Crippen molar-refractivity contribution in [3.8, 4) is 5.88 Å². The predicted molar refractivity (Wildman–Crippen MR) is 71.7 cm³/mol. The average molecular weight is 251 g/mol. The normalized spacial score (nSPS) is 16.3. The van der Waals surface area contributed by atoms with Crippen LogP contribution in [0.2, 0.25) is 0 Å². The lowest BCUT2D eigenvalue weighted by molar-refractivity contribution is 0.271. The molecule has 18 heavy (non-hydrogen) atoms. The van der Waals surface area contributed by atoms with Gasteiger partial charge in [-0.3, -0.25) is 0 Å². The molecule has 5 heteroatoms. The zero-order chi connectivity index (χ0) is 13.0. The van der Waals surface area contributed by atoms with Crippen LogP contribution in [0.1, 0.15) is 26.2 Å². The molecule has 1 aliphatic rings. The Hall–Kier alpha value is -1.49. The second-order valence-electron chi connectivity index (χ2n) is 4.78. The van der Waals surface area contributed by atoms with Crippen LogP contribution in [0.4, 0.5) is 11.5 Å². The molecular weight excluding hydrogens is 230 g/mol. The van der Waals surface area contributed by atoms with Crippen molar-refractivity contribution in [2.45, 2.75) is 32.2 Å². The summed E-state index contributed by atoms with van der Waals surface area (Å²) in [6, 6.07) is 3.59. The van der Waals surface area contributed by atoms with Gasteiger partial charge in [-0.2, -0.15) is 4.98 Å². The minimum atomic E-state index is 0.0115. The Morgan fingerprint density at radius 2 is 2.33 bits per heavy atom. The van der Waals surface area contributed by atoms with Crippen LogP contribution < -0.4 is 15.8 Å². The first-order valence-corrected chi connectivity index (χ1v) is 6.49. The van der Waals surface area contributed by atoms with E-state index in [1.165, 1.54) is 12.8 Å². The number of aliphatic hydroxyl groups is 1. The topological polar surface area (TPSA) is 80.4 Å². The molecule has 0 radical (unpaired) electrons. The lowest BCUT2D eigenvalue weighted by atomic mass is 10.2. The van der Waals surface area contributed by atoms with E-state index in [9.17, 15) is 0 Å². The van der Waals surface area contributed by atoms with Crippen LogP contribution in [0, 0.1) is 5.92 Å². The molecule has 1 aliphatic carbocycles. The average Bonchev–Trinajstić information content (AvgIpc) is 3.20. The molecule has 2 rings (SSSR count). The van der Waals surface area contributed by atoms with Crippen molar-refractivity contribution < 1.29 is 9.84 Å². The molecule has 1 fully saturated rings. The Balaban J connectivity index is 1.99. The second kappa shape index (κ2) is 5.91. The van der Waals surface area contributed by atoms with Crippen LogP contribution in [0.25, 0.3) is 0 Å². The molecule has 1 aromatic rings. The number of aliphatic hydroxyl groups excluding tert-OH is 1. The molecule has 0 aliphatic heterocycles. The molecule has 1 aromatic heterocycles. The van der Waals surface area contributed by atoms with Gasteiger partial charge >= 0.3 is 0 Å². The van der Waals surface area contributed by atoms with Gasteiger partial charge in [-0.05, 0) is 37.3 Å². The van der Waals surface area contributed by atoms with Gasteiger partial charge in [0.1, 0.15) is 5.82 Å². The number of nitrogen functional groups attached to an aromatic ring is 1. The molecule has 1 unspecified atom stereocenters. The Bertz CT molecular complexity index is 390. The third-order valence-corrected chi connectivity index (χ3v) is 3.11. The van der Waals surface area contributed by atoms with Gasteiger partial charge in [0.15, 0.2) is 0 Å². The van der Waals surface area contributed by atoms with Crippen LogP contribution in [-0.4, -0.2) is 29.3 Å². The van der Waals surface area contributed by atoms with E-state index in [4.69, 9.17) is 15.6 Å². The fourth-order valence-electron chi connectivity index (χ4n) is 1.61. The van der Waals surface area contributed by atoms with Crippen molar-refractivity contribution in [2.75, 3.05) is 24.3 Å². The number of aromatic nitrogens is 1. The van der Waals surface area contributed by atoms with Crippen LogP contribution >= 0.6 is 0 Å². The van der Waals surface area contributed by atoms with E-state index in [1.807, 2.05) is 6.92 Å². The molecular formula is C13H21N3O2. The van der Waals surface area contributed by atoms with E-state index in [-0.39, 0.29) is 12.6 Å². The molecule has 0 spiro atoms. The Morgan fingerprint density at radius 3 is 2.94 bits per heavy atom. The second-order valence-corrected chi connectivity index (χ2v) is 4.78. The maximum absolute atomic E-state index is 9.15. The largest absolute Gasteiger partial charge is 0.476 e. The summed E-state index contributed by atoms with van der Waals surface area (Å²) in [7, 11) is 0. The number of anilines is 2. The maximum atomic E-state index is 9.15. The van der Waals surface area contributed by atoms with E-state index < -0.39 is 0 Å². The first-order valence-electron chi connectivity index (χ1n) is 6.49. The van der Waals surface area contributed by atoms with E-state index in [0.29, 0.717) is 29.9 Å². The summed E-state index contributed by atoms with van der Waals surface area (Å²) in [4.78, 5) is 4.34. The van der Waals surface area contributed by atoms with Gasteiger partial charge in [0, 0.05) is 0 Å². The summed E-state index contributed by atoms with van der Waals surface area (Å²) in [5.41, 5.74) is 6.38. The highest BCUT2D eigenvalue weighted by Gasteiger charge is 2.22. The van der Waals surface area contributed by atoms with Crippen molar-refractivity contribution in [1.29, 1.82) is 0 Å². The SMILES string of the molecule is CCC(CO)Nc1ccc(N)c(OCC2CC2)n1. The first kappa shape index (κ1) is 13.0. The van der Waals surface area contributed by atoms with Crippen molar-refractivity contribution in [2.24, 2.45) is 5.92 Å². The van der Waals surface area contributed by atoms with Crippen LogP contribution in [-0.2, 0) is 0 Å². The molecule has 100 valence electrons. The molecule has 0 aromatic carbocycles. The van der Waals surface area contributed by atoms with Gasteiger partial charge in [0.25, 0.3) is 0 Å². The predicted octanol–water partition coefficient (Wildman–Crippen LogP) is 1.64. The Kier molecular flexibility index (Phi) is 4.25. The van der Waals surface area contributed by atoms with E-state index in [2.05, 4.69) is 10.3 Å². The highest BCUT2D eigenvalue weighted by atomic mass is 16.5. The summed E-state index contributed by atoms with van der Waals surface area (Å²) in [6.07, 6.45) is 3.31. The fraction of sp³-hybridized carbons (Fsp3) is 0.615. The zero-order valence-electron chi connectivity index (χ0n) is 10.7.